The molecule has 0 aliphatic heterocycles. The molecule has 5 N–H and O–H groups in total. The molecule has 0 aliphatic rings. The van der Waals surface area contributed by atoms with Gasteiger partial charge in [-0.1, -0.05) is 18.2 Å². The Morgan fingerprint density at radius 3 is 3.00 bits per heavy atom. The summed E-state index contributed by atoms with van der Waals surface area (Å²) >= 11 is 1.66. The molecule has 1 amide bonds. The number of hydrogen-bond donors (Lipinski definition) is 3. The molecule has 7 nitrogen and oxygen atoms in total. The number of carbonyl (C=O) groups excluding carboxylic acids is 1. The number of hydrogen-bond acceptors (Lipinski definition) is 6. The lowest BCUT2D eigenvalue weighted by atomic mass is 10.1. The lowest BCUT2D eigenvalue weighted by Crippen LogP contribution is -2.29. The van der Waals surface area contributed by atoms with Crippen molar-refractivity contribution in [2.24, 2.45) is 12.8 Å². The number of anilines is 1. The first kappa shape index (κ1) is 16.5. The highest BCUT2D eigenvalue weighted by Gasteiger charge is 2.15. The zero-order chi connectivity index (χ0) is 18.3. The first-order valence-electron chi connectivity index (χ1n) is 8.13. The number of fused-ring (bicyclic) bond motifs is 3. The Hall–Kier alpha value is -2.97. The molecule has 0 saturated heterocycles. The van der Waals surface area contributed by atoms with E-state index in [0.29, 0.717) is 12.4 Å². The zero-order valence-electron chi connectivity index (χ0n) is 14.2. The van der Waals surface area contributed by atoms with Gasteiger partial charge in [-0.3, -0.25) is 4.79 Å². The molecular weight excluding hydrogens is 348 g/mol. The van der Waals surface area contributed by atoms with Crippen molar-refractivity contribution in [3.63, 3.8) is 0 Å². The van der Waals surface area contributed by atoms with Crippen molar-refractivity contribution in [1.82, 2.24) is 19.9 Å². The van der Waals surface area contributed by atoms with Gasteiger partial charge in [0.1, 0.15) is 5.52 Å². The second kappa shape index (κ2) is 6.40. The minimum atomic E-state index is -0.171. The van der Waals surface area contributed by atoms with Gasteiger partial charge in [-0.2, -0.15) is 0 Å². The number of carbonyl (C=O) groups is 1. The van der Waals surface area contributed by atoms with Crippen molar-refractivity contribution in [2.45, 2.75) is 6.54 Å². The van der Waals surface area contributed by atoms with E-state index in [1.807, 2.05) is 35.9 Å². The minimum absolute atomic E-state index is 0.0101. The Balaban J connectivity index is 1.76. The van der Waals surface area contributed by atoms with E-state index in [9.17, 15) is 4.79 Å². The second-order valence-corrected chi connectivity index (χ2v) is 7.11. The average Bonchev–Trinajstić information content (AvgIpc) is 3.24. The largest absolute Gasteiger partial charge is 0.382 e. The molecule has 4 aromatic rings. The van der Waals surface area contributed by atoms with Gasteiger partial charge in [-0.15, -0.1) is 11.3 Å². The summed E-state index contributed by atoms with van der Waals surface area (Å²) in [4.78, 5) is 21.3. The van der Waals surface area contributed by atoms with E-state index < -0.39 is 0 Å². The van der Waals surface area contributed by atoms with E-state index in [4.69, 9.17) is 11.5 Å². The van der Waals surface area contributed by atoms with E-state index in [1.54, 1.807) is 17.7 Å². The molecular formula is C18H18N6OS. The van der Waals surface area contributed by atoms with Crippen LogP contribution >= 0.6 is 11.3 Å². The van der Waals surface area contributed by atoms with Crippen LogP contribution in [0.2, 0.25) is 0 Å². The molecule has 0 aliphatic carbocycles. The van der Waals surface area contributed by atoms with E-state index in [1.165, 1.54) is 0 Å². The molecule has 3 heterocycles. The van der Waals surface area contributed by atoms with Crippen LogP contribution in [-0.2, 0) is 18.4 Å². The Morgan fingerprint density at radius 1 is 1.35 bits per heavy atom. The number of nitrogens with zero attached hydrogens (tertiary/aromatic N) is 3. The summed E-state index contributed by atoms with van der Waals surface area (Å²) in [5.74, 6) is 0.270. The first-order valence-corrected chi connectivity index (χ1v) is 8.94. The van der Waals surface area contributed by atoms with Crippen LogP contribution in [0.4, 0.5) is 5.82 Å². The van der Waals surface area contributed by atoms with E-state index in [-0.39, 0.29) is 12.5 Å². The molecule has 0 atom stereocenters. The molecule has 0 bridgehead atoms. The number of amides is 1. The van der Waals surface area contributed by atoms with E-state index in [0.717, 1.165) is 37.3 Å². The molecule has 4 rings (SSSR count). The van der Waals surface area contributed by atoms with Crippen LogP contribution in [0, 0.1) is 0 Å². The van der Waals surface area contributed by atoms with Crippen LogP contribution in [0.25, 0.3) is 31.7 Å². The smallest absolute Gasteiger partial charge is 0.234 e. The van der Waals surface area contributed by atoms with Gasteiger partial charge in [0, 0.05) is 18.5 Å². The minimum Gasteiger partial charge on any atom is -0.382 e. The predicted molar refractivity (Wildman–Crippen MR) is 105 cm³/mol. The SMILES string of the molecule is Cn1cnc2c(N)nc3cc(-c4cccc(CNC(=O)CN)c4)sc3c21. The van der Waals surface area contributed by atoms with Crippen LogP contribution in [0.3, 0.4) is 0 Å². The molecule has 26 heavy (non-hydrogen) atoms. The maximum atomic E-state index is 11.4. The number of thiophene rings is 1. The van der Waals surface area contributed by atoms with Crippen molar-refractivity contribution < 1.29 is 4.79 Å². The number of rotatable bonds is 4. The van der Waals surface area contributed by atoms with Crippen molar-refractivity contribution in [3.05, 3.63) is 42.2 Å². The van der Waals surface area contributed by atoms with Crippen LogP contribution in [0.15, 0.2) is 36.7 Å². The van der Waals surface area contributed by atoms with Gasteiger partial charge >= 0.3 is 0 Å². The fraction of sp³-hybridized carbons (Fsp3) is 0.167. The normalized spacial score (nSPS) is 11.3. The van der Waals surface area contributed by atoms with Crippen LogP contribution < -0.4 is 16.8 Å². The van der Waals surface area contributed by atoms with Crippen LogP contribution in [0.1, 0.15) is 5.56 Å². The molecule has 1 aromatic carbocycles. The number of aryl methyl sites for hydroxylation is 1. The van der Waals surface area contributed by atoms with Crippen molar-refractivity contribution in [3.8, 4) is 10.4 Å². The third kappa shape index (κ3) is 2.79. The summed E-state index contributed by atoms with van der Waals surface area (Å²) in [6.07, 6.45) is 1.75. The molecule has 0 unspecified atom stereocenters. The van der Waals surface area contributed by atoms with E-state index in [2.05, 4.69) is 21.4 Å². The monoisotopic (exact) mass is 366 g/mol. The highest BCUT2D eigenvalue weighted by molar-refractivity contribution is 7.23. The Labute approximate surface area is 153 Å². The van der Waals surface area contributed by atoms with Gasteiger partial charge in [0.15, 0.2) is 5.82 Å². The van der Waals surface area contributed by atoms with Gasteiger partial charge in [-0.05, 0) is 23.3 Å². The summed E-state index contributed by atoms with van der Waals surface area (Å²) in [6, 6.07) is 10.1. The molecule has 0 fully saturated rings. The molecule has 0 spiro atoms. The standard InChI is InChI=1S/C18H18N6OS/c1-24-9-22-15-16(24)17-12(23-18(15)20)6-13(26-17)11-4-2-3-10(5-11)8-21-14(25)7-19/h2-6,9H,7-8,19H2,1H3,(H2,20,23)(H,21,25). The average molecular weight is 366 g/mol. The van der Waals surface area contributed by atoms with Gasteiger partial charge in [0.2, 0.25) is 5.91 Å². The third-order valence-electron chi connectivity index (χ3n) is 4.23. The number of nitrogens with one attached hydrogen (secondary N) is 1. The number of nitrogen functional groups attached to an aromatic ring is 1. The maximum absolute atomic E-state index is 11.4. The lowest BCUT2D eigenvalue weighted by molar-refractivity contribution is -0.119. The van der Waals surface area contributed by atoms with Crippen molar-refractivity contribution in [1.29, 1.82) is 0 Å². The molecule has 0 radical (unpaired) electrons. The Morgan fingerprint density at radius 2 is 2.19 bits per heavy atom. The quantitative estimate of drug-likeness (QED) is 0.511. The highest BCUT2D eigenvalue weighted by Crippen LogP contribution is 2.37. The Kier molecular flexibility index (Phi) is 4.06. The van der Waals surface area contributed by atoms with E-state index >= 15 is 0 Å². The summed E-state index contributed by atoms with van der Waals surface area (Å²) in [7, 11) is 1.95. The predicted octanol–water partition coefficient (Wildman–Crippen LogP) is 2.01. The molecule has 8 heteroatoms. The molecule has 3 aromatic heterocycles. The summed E-state index contributed by atoms with van der Waals surface area (Å²) in [6.45, 7) is 0.440. The highest BCUT2D eigenvalue weighted by atomic mass is 32.1. The van der Waals surface area contributed by atoms with Crippen LogP contribution in [0.5, 0.6) is 0 Å². The van der Waals surface area contributed by atoms with Gasteiger partial charge in [-0.25, -0.2) is 9.97 Å². The van der Waals surface area contributed by atoms with Gasteiger partial charge in [0.05, 0.1) is 28.6 Å². The summed E-state index contributed by atoms with van der Waals surface area (Å²) in [5, 5.41) is 2.79. The second-order valence-electron chi connectivity index (χ2n) is 6.06. The topological polar surface area (TPSA) is 112 Å². The maximum Gasteiger partial charge on any atom is 0.234 e. The molecule has 132 valence electrons. The zero-order valence-corrected chi connectivity index (χ0v) is 15.0. The number of aromatic nitrogens is 3. The number of benzene rings is 1. The number of nitrogens with two attached hydrogens (primary N) is 2. The number of pyridine rings is 1. The Bertz CT molecular complexity index is 1130. The third-order valence-corrected chi connectivity index (χ3v) is 5.41. The van der Waals surface area contributed by atoms with Crippen LogP contribution in [-0.4, -0.2) is 27.0 Å². The summed E-state index contributed by atoms with van der Waals surface area (Å²) in [5.41, 5.74) is 16.1. The lowest BCUT2D eigenvalue weighted by Gasteiger charge is -2.05. The first-order chi connectivity index (χ1) is 12.6. The fourth-order valence-electron chi connectivity index (χ4n) is 2.95. The van der Waals surface area contributed by atoms with Crippen molar-refractivity contribution in [2.75, 3.05) is 12.3 Å². The fourth-order valence-corrected chi connectivity index (χ4v) is 4.13. The van der Waals surface area contributed by atoms with Crippen molar-refractivity contribution >= 4 is 44.3 Å². The van der Waals surface area contributed by atoms with Gasteiger partial charge < -0.3 is 21.4 Å². The van der Waals surface area contributed by atoms with Gasteiger partial charge in [0.25, 0.3) is 0 Å². The number of imidazole rings is 1. The summed E-state index contributed by atoms with van der Waals surface area (Å²) < 4.78 is 3.03. The molecule has 0 saturated carbocycles.